The molecule has 0 radical (unpaired) electrons. The molecule has 0 bridgehead atoms. The molecule has 1 fully saturated rings. The van der Waals surface area contributed by atoms with Crippen LogP contribution in [0.1, 0.15) is 30.7 Å². The van der Waals surface area contributed by atoms with Gasteiger partial charge in [0, 0.05) is 42.4 Å². The first-order valence-electron chi connectivity index (χ1n) is 10.7. The first-order chi connectivity index (χ1) is 15.0. The van der Waals surface area contributed by atoms with Gasteiger partial charge >= 0.3 is 0 Å². The summed E-state index contributed by atoms with van der Waals surface area (Å²) >= 11 is 0. The normalized spacial score (nSPS) is 15.8. The van der Waals surface area contributed by atoms with E-state index in [-0.39, 0.29) is 23.3 Å². The van der Waals surface area contributed by atoms with Crippen LogP contribution in [0.3, 0.4) is 0 Å². The molecule has 5 nitrogen and oxygen atoms in total. The summed E-state index contributed by atoms with van der Waals surface area (Å²) in [6.45, 7) is 2.45. The third-order valence-electron chi connectivity index (χ3n) is 6.27. The van der Waals surface area contributed by atoms with Crippen LogP contribution in [0.4, 0.5) is 8.78 Å². The first-order valence-corrected chi connectivity index (χ1v) is 10.7. The molecule has 1 saturated heterocycles. The lowest BCUT2D eigenvalue weighted by Gasteiger charge is -2.31. The van der Waals surface area contributed by atoms with Crippen LogP contribution in [0.15, 0.2) is 42.6 Å². The van der Waals surface area contributed by atoms with Gasteiger partial charge in [0.15, 0.2) is 0 Å². The summed E-state index contributed by atoms with van der Waals surface area (Å²) in [5.41, 5.74) is 3.40. The topological polar surface area (TPSA) is 64.8 Å². The molecule has 160 valence electrons. The number of aryl methyl sites for hydroxylation is 1. The van der Waals surface area contributed by atoms with Crippen molar-refractivity contribution in [2.45, 2.75) is 32.2 Å². The Morgan fingerprint density at radius 1 is 1.06 bits per heavy atom. The molecule has 4 aromatic rings. The number of nitrogens with one attached hydrogen (secondary N) is 2. The fourth-order valence-electron chi connectivity index (χ4n) is 4.53. The van der Waals surface area contributed by atoms with Crippen LogP contribution in [0.5, 0.6) is 0 Å². The molecule has 0 atom stereocenters. The molecule has 2 aromatic carbocycles. The number of rotatable bonds is 6. The van der Waals surface area contributed by atoms with Crippen molar-refractivity contribution in [3.8, 4) is 0 Å². The molecule has 3 heterocycles. The van der Waals surface area contributed by atoms with E-state index in [1.165, 1.54) is 18.2 Å². The van der Waals surface area contributed by atoms with Crippen LogP contribution in [0, 0.1) is 17.6 Å². The van der Waals surface area contributed by atoms with Crippen molar-refractivity contribution in [2.24, 2.45) is 5.92 Å². The number of aromatic amines is 2. The van der Waals surface area contributed by atoms with Gasteiger partial charge in [-0.15, -0.1) is 0 Å². The van der Waals surface area contributed by atoms with Crippen molar-refractivity contribution in [2.75, 3.05) is 13.1 Å². The standard InChI is InChI=1S/C24H24F2N4O/c25-17-1-3-20-19(11-17)16(13-27-20)14-30-9-7-15(8-10-30)23(31)5-6-24-28-21-4-2-18(26)12-22(21)29-24/h1-4,11-13,15,27H,5-10,14H2,(H,28,29). The van der Waals surface area contributed by atoms with Gasteiger partial charge < -0.3 is 9.97 Å². The Bertz CT molecular complexity index is 1240. The number of halogens is 2. The van der Waals surface area contributed by atoms with E-state index >= 15 is 0 Å². The van der Waals surface area contributed by atoms with E-state index in [1.54, 1.807) is 18.2 Å². The third-order valence-corrected chi connectivity index (χ3v) is 6.27. The zero-order chi connectivity index (χ0) is 21.4. The van der Waals surface area contributed by atoms with Gasteiger partial charge in [-0.05, 0) is 67.9 Å². The smallest absolute Gasteiger partial charge is 0.136 e. The molecular formula is C24H24F2N4O. The van der Waals surface area contributed by atoms with E-state index < -0.39 is 0 Å². The second-order valence-electron chi connectivity index (χ2n) is 8.37. The molecule has 0 amide bonds. The molecule has 31 heavy (non-hydrogen) atoms. The molecular weight excluding hydrogens is 398 g/mol. The van der Waals surface area contributed by atoms with E-state index in [0.29, 0.717) is 23.9 Å². The van der Waals surface area contributed by atoms with E-state index in [2.05, 4.69) is 19.9 Å². The Hall–Kier alpha value is -3.06. The molecule has 2 aromatic heterocycles. The predicted molar refractivity (Wildman–Crippen MR) is 116 cm³/mol. The lowest BCUT2D eigenvalue weighted by atomic mass is 9.90. The SMILES string of the molecule is O=C(CCc1nc2ccc(F)cc2[nH]1)C1CCN(Cc2c[nH]c3ccc(F)cc23)CC1. The monoisotopic (exact) mass is 422 g/mol. The lowest BCUT2D eigenvalue weighted by Crippen LogP contribution is -2.36. The summed E-state index contributed by atoms with van der Waals surface area (Å²) < 4.78 is 26.9. The number of hydrogen-bond acceptors (Lipinski definition) is 3. The molecule has 0 aliphatic carbocycles. The number of carbonyl (C=O) groups is 1. The fraction of sp³-hybridized carbons (Fsp3) is 0.333. The molecule has 0 unspecified atom stereocenters. The maximum Gasteiger partial charge on any atom is 0.136 e. The van der Waals surface area contributed by atoms with Crippen molar-refractivity contribution >= 4 is 27.7 Å². The van der Waals surface area contributed by atoms with Crippen LogP contribution in [0.2, 0.25) is 0 Å². The molecule has 2 N–H and O–H groups in total. The predicted octanol–water partition coefficient (Wildman–Crippen LogP) is 4.74. The quantitative estimate of drug-likeness (QED) is 0.472. The highest BCUT2D eigenvalue weighted by atomic mass is 19.1. The van der Waals surface area contributed by atoms with E-state index in [1.807, 2.05) is 6.20 Å². The summed E-state index contributed by atoms with van der Waals surface area (Å²) in [5.74, 6) is 0.521. The maximum absolute atomic E-state index is 13.6. The van der Waals surface area contributed by atoms with Gasteiger partial charge in [-0.1, -0.05) is 0 Å². The number of H-pyrrole nitrogens is 2. The highest BCUT2D eigenvalue weighted by molar-refractivity contribution is 5.83. The van der Waals surface area contributed by atoms with Gasteiger partial charge in [-0.2, -0.15) is 0 Å². The van der Waals surface area contributed by atoms with Crippen molar-refractivity contribution < 1.29 is 13.6 Å². The van der Waals surface area contributed by atoms with Crippen LogP contribution in [0.25, 0.3) is 21.9 Å². The zero-order valence-electron chi connectivity index (χ0n) is 17.1. The zero-order valence-corrected chi connectivity index (χ0v) is 17.1. The number of Topliss-reactive ketones (excluding diaryl/α,β-unsaturated/α-hetero) is 1. The fourth-order valence-corrected chi connectivity index (χ4v) is 4.53. The highest BCUT2D eigenvalue weighted by Crippen LogP contribution is 2.25. The van der Waals surface area contributed by atoms with Crippen molar-refractivity contribution in [3.05, 3.63) is 65.6 Å². The second-order valence-corrected chi connectivity index (χ2v) is 8.37. The molecule has 0 saturated carbocycles. The number of hydrogen-bond donors (Lipinski definition) is 2. The molecule has 0 spiro atoms. The Morgan fingerprint density at radius 3 is 2.68 bits per heavy atom. The van der Waals surface area contributed by atoms with Gasteiger partial charge in [0.1, 0.15) is 23.2 Å². The number of likely N-dealkylation sites (tertiary alicyclic amines) is 1. The number of ketones is 1. The summed E-state index contributed by atoms with van der Waals surface area (Å²) in [4.78, 5) is 25.8. The van der Waals surface area contributed by atoms with E-state index in [4.69, 9.17) is 0 Å². The number of piperidine rings is 1. The number of fused-ring (bicyclic) bond motifs is 2. The molecule has 1 aliphatic heterocycles. The van der Waals surface area contributed by atoms with E-state index in [0.717, 1.165) is 54.8 Å². The summed E-state index contributed by atoms with van der Waals surface area (Å²) in [7, 11) is 0. The van der Waals surface area contributed by atoms with Crippen molar-refractivity contribution in [3.63, 3.8) is 0 Å². The highest BCUT2D eigenvalue weighted by Gasteiger charge is 2.25. The number of nitrogens with zero attached hydrogens (tertiary/aromatic N) is 2. The van der Waals surface area contributed by atoms with Gasteiger partial charge in [-0.3, -0.25) is 9.69 Å². The van der Waals surface area contributed by atoms with Crippen LogP contribution < -0.4 is 0 Å². The minimum Gasteiger partial charge on any atom is -0.361 e. The van der Waals surface area contributed by atoms with Gasteiger partial charge in [-0.25, -0.2) is 13.8 Å². The van der Waals surface area contributed by atoms with Gasteiger partial charge in [0.25, 0.3) is 0 Å². The van der Waals surface area contributed by atoms with Crippen molar-refractivity contribution in [1.29, 1.82) is 0 Å². The summed E-state index contributed by atoms with van der Waals surface area (Å²) in [5, 5.41) is 0.920. The first kappa shape index (κ1) is 19.9. The average molecular weight is 422 g/mol. The Kier molecular flexibility index (Phi) is 5.28. The minimum absolute atomic E-state index is 0.0680. The third kappa shape index (κ3) is 4.23. The lowest BCUT2D eigenvalue weighted by molar-refractivity contribution is -0.124. The maximum atomic E-state index is 13.6. The number of aromatic nitrogens is 3. The largest absolute Gasteiger partial charge is 0.361 e. The Balaban J connectivity index is 1.14. The average Bonchev–Trinajstić information content (AvgIpc) is 3.35. The van der Waals surface area contributed by atoms with Crippen LogP contribution >= 0.6 is 0 Å². The summed E-state index contributed by atoms with van der Waals surface area (Å²) in [6.07, 6.45) is 4.59. The van der Waals surface area contributed by atoms with Crippen LogP contribution in [-0.4, -0.2) is 38.7 Å². The van der Waals surface area contributed by atoms with E-state index in [9.17, 15) is 13.6 Å². The second kappa shape index (κ2) is 8.23. The van der Waals surface area contributed by atoms with Crippen molar-refractivity contribution in [1.82, 2.24) is 19.9 Å². The number of imidazole rings is 1. The Morgan fingerprint density at radius 2 is 1.84 bits per heavy atom. The molecule has 5 rings (SSSR count). The van der Waals surface area contributed by atoms with Gasteiger partial charge in [0.2, 0.25) is 0 Å². The summed E-state index contributed by atoms with van der Waals surface area (Å²) in [6, 6.07) is 9.25. The minimum atomic E-state index is -0.302. The molecule has 7 heteroatoms. The van der Waals surface area contributed by atoms with Crippen LogP contribution in [-0.2, 0) is 17.8 Å². The number of benzene rings is 2. The number of carbonyl (C=O) groups excluding carboxylic acids is 1. The Labute approximate surface area is 178 Å². The molecule has 1 aliphatic rings. The van der Waals surface area contributed by atoms with Gasteiger partial charge in [0.05, 0.1) is 11.0 Å².